The van der Waals surface area contributed by atoms with Crippen LogP contribution in [0.1, 0.15) is 18.4 Å². The van der Waals surface area contributed by atoms with Gasteiger partial charge in [0.1, 0.15) is 0 Å². The molecule has 0 saturated heterocycles. The summed E-state index contributed by atoms with van der Waals surface area (Å²) in [4.78, 5) is 3.71. The highest BCUT2D eigenvalue weighted by Crippen LogP contribution is 2.30. The van der Waals surface area contributed by atoms with E-state index in [0.717, 1.165) is 18.4 Å². The Morgan fingerprint density at radius 2 is 2.25 bits per heavy atom. The lowest BCUT2D eigenvalue weighted by Gasteiger charge is -1.94. The molecule has 0 atom stereocenters. The van der Waals surface area contributed by atoms with Crippen LogP contribution < -0.4 is 0 Å². The molecule has 1 aromatic heterocycles. The second-order valence-electron chi connectivity index (χ2n) is 2.84. The summed E-state index contributed by atoms with van der Waals surface area (Å²) in [5.74, 6) is -0.452. The highest BCUT2D eigenvalue weighted by molar-refractivity contribution is 6.29. The number of halogens is 2. The third-order valence-electron chi connectivity index (χ3n) is 1.73. The third-order valence-corrected chi connectivity index (χ3v) is 2.01. The minimum Gasteiger partial charge on any atom is -0.241 e. The zero-order valence-electron chi connectivity index (χ0n) is 6.35. The predicted octanol–water partition coefficient (Wildman–Crippen LogP) is 3.05. The van der Waals surface area contributed by atoms with E-state index in [2.05, 4.69) is 4.98 Å². The fraction of sp³-hybridized carbons (Fsp3) is 0.222. The molecule has 0 spiro atoms. The first kappa shape index (κ1) is 7.74. The molecule has 1 heterocycles. The van der Waals surface area contributed by atoms with E-state index in [1.54, 1.807) is 6.20 Å². The summed E-state index contributed by atoms with van der Waals surface area (Å²) in [5.41, 5.74) is 2.14. The van der Waals surface area contributed by atoms with Gasteiger partial charge in [0.25, 0.3) is 0 Å². The van der Waals surface area contributed by atoms with Gasteiger partial charge in [0.2, 0.25) is 0 Å². The monoisotopic (exact) mass is 183 g/mol. The summed E-state index contributed by atoms with van der Waals surface area (Å²) in [7, 11) is 0. The Labute approximate surface area is 74.9 Å². The number of pyridine rings is 1. The van der Waals surface area contributed by atoms with Gasteiger partial charge in [-0.1, -0.05) is 23.3 Å². The van der Waals surface area contributed by atoms with E-state index in [0.29, 0.717) is 0 Å². The third kappa shape index (κ3) is 1.64. The van der Waals surface area contributed by atoms with Crippen LogP contribution in [-0.4, -0.2) is 4.98 Å². The summed E-state index contributed by atoms with van der Waals surface area (Å²) in [6.45, 7) is 0. The predicted molar refractivity (Wildman–Crippen MR) is 46.4 cm³/mol. The minimum absolute atomic E-state index is 0.0621. The van der Waals surface area contributed by atoms with Crippen LogP contribution in [0.25, 0.3) is 6.08 Å². The second kappa shape index (κ2) is 2.87. The number of hydrogen-bond donors (Lipinski definition) is 0. The molecule has 0 radical (unpaired) electrons. The standard InChI is InChI=1S/C9H7ClFN/c10-9-8(11)4-7(5-12-9)3-6-1-2-6/h3-5H,1-2H2. The lowest BCUT2D eigenvalue weighted by atomic mass is 10.2. The Bertz CT molecular complexity index is 340. The Hall–Kier alpha value is -0.890. The number of rotatable bonds is 1. The van der Waals surface area contributed by atoms with Crippen molar-refractivity contribution in [3.05, 3.63) is 34.4 Å². The van der Waals surface area contributed by atoms with Gasteiger partial charge in [-0.25, -0.2) is 9.37 Å². The molecule has 12 heavy (non-hydrogen) atoms. The molecule has 0 amide bonds. The SMILES string of the molecule is Fc1cc(C=C2CC2)cnc1Cl. The van der Waals surface area contributed by atoms with Crippen LogP contribution in [0.3, 0.4) is 0 Å². The molecule has 1 nitrogen and oxygen atoms in total. The van der Waals surface area contributed by atoms with Crippen molar-refractivity contribution in [3.63, 3.8) is 0 Å². The van der Waals surface area contributed by atoms with Crippen LogP contribution in [0.15, 0.2) is 17.8 Å². The Morgan fingerprint density at radius 1 is 1.50 bits per heavy atom. The van der Waals surface area contributed by atoms with E-state index in [9.17, 15) is 4.39 Å². The zero-order valence-corrected chi connectivity index (χ0v) is 7.11. The topological polar surface area (TPSA) is 12.9 Å². The number of allylic oxidation sites excluding steroid dienone is 1. The summed E-state index contributed by atoms with van der Waals surface area (Å²) < 4.78 is 12.8. The van der Waals surface area contributed by atoms with E-state index >= 15 is 0 Å². The molecule has 0 N–H and O–H groups in total. The van der Waals surface area contributed by atoms with Gasteiger partial charge < -0.3 is 0 Å². The van der Waals surface area contributed by atoms with Crippen molar-refractivity contribution in [3.8, 4) is 0 Å². The molecule has 1 aromatic rings. The molecule has 62 valence electrons. The maximum atomic E-state index is 12.8. The molecular formula is C9H7ClFN. The lowest BCUT2D eigenvalue weighted by Crippen LogP contribution is -1.83. The van der Waals surface area contributed by atoms with Gasteiger partial charge in [0.05, 0.1) is 0 Å². The minimum atomic E-state index is -0.452. The average Bonchev–Trinajstić information content (AvgIpc) is 2.81. The molecule has 1 aliphatic carbocycles. The van der Waals surface area contributed by atoms with Crippen molar-refractivity contribution in [1.82, 2.24) is 4.98 Å². The van der Waals surface area contributed by atoms with Gasteiger partial charge in [0.15, 0.2) is 11.0 Å². The summed E-state index contributed by atoms with van der Waals surface area (Å²) in [6.07, 6.45) is 5.79. The van der Waals surface area contributed by atoms with E-state index in [-0.39, 0.29) is 5.15 Å². The molecule has 2 rings (SSSR count). The molecule has 0 aromatic carbocycles. The van der Waals surface area contributed by atoms with Crippen LogP contribution in [0.2, 0.25) is 5.15 Å². The maximum absolute atomic E-state index is 12.8. The van der Waals surface area contributed by atoms with Crippen molar-refractivity contribution < 1.29 is 4.39 Å². The molecule has 0 aliphatic heterocycles. The largest absolute Gasteiger partial charge is 0.241 e. The maximum Gasteiger partial charge on any atom is 0.164 e. The molecule has 1 aliphatic rings. The molecule has 0 unspecified atom stereocenters. The molecule has 1 saturated carbocycles. The van der Waals surface area contributed by atoms with Crippen LogP contribution in [0, 0.1) is 5.82 Å². The molecular weight excluding hydrogens is 177 g/mol. The van der Waals surface area contributed by atoms with Gasteiger partial charge in [0, 0.05) is 6.20 Å². The second-order valence-corrected chi connectivity index (χ2v) is 3.20. The number of nitrogens with zero attached hydrogens (tertiary/aromatic N) is 1. The fourth-order valence-corrected chi connectivity index (χ4v) is 1.07. The van der Waals surface area contributed by atoms with Crippen LogP contribution in [0.4, 0.5) is 4.39 Å². The summed E-state index contributed by atoms with van der Waals surface area (Å²) in [5, 5.41) is -0.0621. The first-order chi connectivity index (χ1) is 5.75. The van der Waals surface area contributed by atoms with Gasteiger partial charge in [-0.3, -0.25) is 0 Å². The lowest BCUT2D eigenvalue weighted by molar-refractivity contribution is 0.621. The zero-order chi connectivity index (χ0) is 8.55. The molecule has 0 bridgehead atoms. The first-order valence-electron chi connectivity index (χ1n) is 3.76. The summed E-state index contributed by atoms with van der Waals surface area (Å²) >= 11 is 5.43. The van der Waals surface area contributed by atoms with E-state index < -0.39 is 5.82 Å². The van der Waals surface area contributed by atoms with Crippen LogP contribution in [-0.2, 0) is 0 Å². The normalized spacial score (nSPS) is 14.7. The van der Waals surface area contributed by atoms with Crippen molar-refractivity contribution >= 4 is 17.7 Å². The Balaban J connectivity index is 2.33. The van der Waals surface area contributed by atoms with Gasteiger partial charge in [-0.15, -0.1) is 0 Å². The molecule has 1 fully saturated rings. The smallest absolute Gasteiger partial charge is 0.164 e. The quantitative estimate of drug-likeness (QED) is 0.610. The van der Waals surface area contributed by atoms with E-state index in [1.165, 1.54) is 11.6 Å². The van der Waals surface area contributed by atoms with E-state index in [4.69, 9.17) is 11.6 Å². The Kier molecular flexibility index (Phi) is 1.85. The van der Waals surface area contributed by atoms with Gasteiger partial charge >= 0.3 is 0 Å². The van der Waals surface area contributed by atoms with Gasteiger partial charge in [-0.2, -0.15) is 0 Å². The van der Waals surface area contributed by atoms with E-state index in [1.807, 2.05) is 6.08 Å². The highest BCUT2D eigenvalue weighted by Gasteiger charge is 2.11. The first-order valence-corrected chi connectivity index (χ1v) is 4.14. The molecule has 3 heteroatoms. The van der Waals surface area contributed by atoms with Crippen LogP contribution >= 0.6 is 11.6 Å². The highest BCUT2D eigenvalue weighted by atomic mass is 35.5. The van der Waals surface area contributed by atoms with Crippen molar-refractivity contribution in [2.75, 3.05) is 0 Å². The number of hydrogen-bond acceptors (Lipinski definition) is 1. The van der Waals surface area contributed by atoms with Crippen molar-refractivity contribution in [2.45, 2.75) is 12.8 Å². The van der Waals surface area contributed by atoms with Crippen LogP contribution in [0.5, 0.6) is 0 Å². The van der Waals surface area contributed by atoms with Gasteiger partial charge in [-0.05, 0) is 24.5 Å². The average molecular weight is 184 g/mol. The fourth-order valence-electron chi connectivity index (χ4n) is 0.967. The number of aromatic nitrogens is 1. The summed E-state index contributed by atoms with van der Waals surface area (Å²) in [6, 6.07) is 1.40. The Morgan fingerprint density at radius 3 is 2.83 bits per heavy atom. The van der Waals surface area contributed by atoms with Crippen molar-refractivity contribution in [2.24, 2.45) is 0 Å². The van der Waals surface area contributed by atoms with Crippen molar-refractivity contribution in [1.29, 1.82) is 0 Å².